The summed E-state index contributed by atoms with van der Waals surface area (Å²) in [5, 5.41) is 29.9. The van der Waals surface area contributed by atoms with Gasteiger partial charge in [0.05, 0.1) is 23.1 Å². The van der Waals surface area contributed by atoms with Gasteiger partial charge >= 0.3 is 11.9 Å². The van der Waals surface area contributed by atoms with Crippen molar-refractivity contribution >= 4 is 87.5 Å². The SMILES string of the molecule is O=C(O)C1C(Cl)CCC(Cl)C1C(=O)NC1CCC(CC2CCC(C(NO)C3C(Cl)CCC(Cl)C3C(=O)O)C(Cl)C2)CC1Cl. The van der Waals surface area contributed by atoms with E-state index in [0.717, 1.165) is 32.1 Å². The van der Waals surface area contributed by atoms with Crippen molar-refractivity contribution in [2.24, 2.45) is 41.4 Å². The topological polar surface area (TPSA) is 136 Å². The van der Waals surface area contributed by atoms with Crippen molar-refractivity contribution in [1.82, 2.24) is 10.8 Å². The Bertz CT molecular complexity index is 997. The van der Waals surface area contributed by atoms with Crippen LogP contribution in [0.1, 0.15) is 70.6 Å². The summed E-state index contributed by atoms with van der Waals surface area (Å²) in [6.45, 7) is 0. The number of carboxylic acid groups (broad SMARTS) is 2. The van der Waals surface area contributed by atoms with E-state index < -0.39 is 69.1 Å². The smallest absolute Gasteiger partial charge is 0.308 e. The van der Waals surface area contributed by atoms with Gasteiger partial charge in [0.25, 0.3) is 0 Å². The largest absolute Gasteiger partial charge is 0.481 e. The Morgan fingerprint density at radius 3 is 1.67 bits per heavy atom. The van der Waals surface area contributed by atoms with Crippen LogP contribution in [0.5, 0.6) is 0 Å². The van der Waals surface area contributed by atoms with E-state index in [1.165, 1.54) is 0 Å². The maximum absolute atomic E-state index is 13.2. The molecular formula is C29H42Cl6N2O6. The molecule has 4 rings (SSSR count). The van der Waals surface area contributed by atoms with E-state index in [0.29, 0.717) is 50.4 Å². The van der Waals surface area contributed by atoms with Crippen molar-refractivity contribution < 1.29 is 29.8 Å². The Kier molecular flexibility index (Phi) is 13.2. The Morgan fingerprint density at radius 1 is 0.628 bits per heavy atom. The first-order valence-electron chi connectivity index (χ1n) is 15.3. The molecule has 4 saturated carbocycles. The first-order chi connectivity index (χ1) is 20.3. The number of carboxylic acids is 2. The molecule has 0 aliphatic heterocycles. The van der Waals surface area contributed by atoms with E-state index in [1.807, 2.05) is 0 Å². The minimum Gasteiger partial charge on any atom is -0.481 e. The molecule has 4 aliphatic carbocycles. The highest BCUT2D eigenvalue weighted by molar-refractivity contribution is 6.25. The molecule has 0 aromatic heterocycles. The number of halogens is 6. The molecule has 15 atom stereocenters. The Hall–Kier alpha value is 0.0700. The summed E-state index contributed by atoms with van der Waals surface area (Å²) in [6, 6.07) is -0.856. The standard InChI is InChI=1S/C29H42Cl6N2O6/c30-15-4-6-17(32)24(28(39)40)22(15)26(37-43)14-3-1-12(10-19(14)34)9-13-2-8-21(20(35)11-13)36-27(38)23-16(31)5-7-18(33)25(23)29(41)42/h12-26,37,43H,1-11H2,(H,36,38)(H,39,40)(H,41,42). The van der Waals surface area contributed by atoms with Crippen LogP contribution in [0, 0.1) is 41.4 Å². The highest BCUT2D eigenvalue weighted by Crippen LogP contribution is 2.46. The number of aliphatic carboxylic acids is 2. The monoisotopic (exact) mass is 724 g/mol. The third kappa shape index (κ3) is 8.33. The molecule has 0 spiro atoms. The molecule has 0 heterocycles. The third-order valence-corrected chi connectivity index (χ3v) is 13.5. The second kappa shape index (κ2) is 15.8. The molecule has 0 aromatic carbocycles. The molecule has 0 radical (unpaired) electrons. The lowest BCUT2D eigenvalue weighted by molar-refractivity contribution is -0.148. The molecule has 0 aromatic rings. The fourth-order valence-electron chi connectivity index (χ4n) is 8.32. The number of hydroxylamine groups is 1. The van der Waals surface area contributed by atoms with E-state index in [2.05, 4.69) is 10.8 Å². The van der Waals surface area contributed by atoms with Gasteiger partial charge in [-0.3, -0.25) is 14.4 Å². The van der Waals surface area contributed by atoms with Gasteiger partial charge in [-0.2, -0.15) is 0 Å². The zero-order valence-electron chi connectivity index (χ0n) is 23.8. The minimum atomic E-state index is -1.11. The van der Waals surface area contributed by atoms with Crippen molar-refractivity contribution in [3.63, 3.8) is 0 Å². The Morgan fingerprint density at radius 2 is 1.14 bits per heavy atom. The molecule has 246 valence electrons. The summed E-state index contributed by atoms with van der Waals surface area (Å²) in [7, 11) is 0. The van der Waals surface area contributed by atoms with Gasteiger partial charge in [-0.25, -0.2) is 5.48 Å². The number of hydrogen-bond acceptors (Lipinski definition) is 5. The summed E-state index contributed by atoms with van der Waals surface area (Å²) in [5.74, 6) is -5.35. The maximum Gasteiger partial charge on any atom is 0.308 e. The van der Waals surface area contributed by atoms with Crippen molar-refractivity contribution in [2.45, 2.75) is 115 Å². The predicted octanol–water partition coefficient (Wildman–Crippen LogP) is 6.29. The van der Waals surface area contributed by atoms with Gasteiger partial charge in [-0.05, 0) is 82.0 Å². The molecule has 1 amide bonds. The molecular weight excluding hydrogens is 685 g/mol. The second-order valence-corrected chi connectivity index (χ2v) is 16.5. The highest BCUT2D eigenvalue weighted by Gasteiger charge is 2.50. The average Bonchev–Trinajstić information content (AvgIpc) is 2.94. The zero-order chi connectivity index (χ0) is 31.6. The maximum atomic E-state index is 13.2. The fourth-order valence-corrected chi connectivity index (χ4v) is 10.9. The van der Waals surface area contributed by atoms with Crippen molar-refractivity contribution in [3.05, 3.63) is 0 Å². The number of carbonyl (C=O) groups is 3. The number of amides is 1. The summed E-state index contributed by atoms with van der Waals surface area (Å²) in [6.07, 6.45) is 7.54. The van der Waals surface area contributed by atoms with Crippen LogP contribution in [0.15, 0.2) is 0 Å². The molecule has 0 saturated heterocycles. The Labute approximate surface area is 283 Å². The lowest BCUT2D eigenvalue weighted by Crippen LogP contribution is -2.56. The van der Waals surface area contributed by atoms with Crippen LogP contribution in [0.3, 0.4) is 0 Å². The van der Waals surface area contributed by atoms with Crippen molar-refractivity contribution in [3.8, 4) is 0 Å². The van der Waals surface area contributed by atoms with Gasteiger partial charge in [0.15, 0.2) is 0 Å². The molecule has 15 unspecified atom stereocenters. The van der Waals surface area contributed by atoms with Gasteiger partial charge in [-0.1, -0.05) is 6.42 Å². The molecule has 43 heavy (non-hydrogen) atoms. The van der Waals surface area contributed by atoms with Crippen LogP contribution in [0.4, 0.5) is 0 Å². The molecule has 4 aliphatic rings. The fraction of sp³-hybridized carbons (Fsp3) is 0.897. The van der Waals surface area contributed by atoms with Gasteiger partial charge in [0, 0.05) is 44.9 Å². The normalized spacial score (nSPS) is 44.7. The molecule has 0 bridgehead atoms. The predicted molar refractivity (Wildman–Crippen MR) is 169 cm³/mol. The number of hydrogen-bond donors (Lipinski definition) is 5. The van der Waals surface area contributed by atoms with E-state index >= 15 is 0 Å². The van der Waals surface area contributed by atoms with Crippen molar-refractivity contribution in [2.75, 3.05) is 0 Å². The molecule has 8 nitrogen and oxygen atoms in total. The number of nitrogens with one attached hydrogen (secondary N) is 2. The third-order valence-electron chi connectivity index (χ3n) is 10.5. The van der Waals surface area contributed by atoms with Crippen LogP contribution in [-0.4, -0.2) is 77.6 Å². The first kappa shape index (κ1) is 35.9. The Balaban J connectivity index is 1.30. The molecule has 4 fully saturated rings. The average molecular weight is 727 g/mol. The van der Waals surface area contributed by atoms with Crippen LogP contribution in [-0.2, 0) is 14.4 Å². The highest BCUT2D eigenvalue weighted by atomic mass is 35.5. The van der Waals surface area contributed by atoms with Crippen LogP contribution in [0.25, 0.3) is 0 Å². The van der Waals surface area contributed by atoms with Crippen LogP contribution in [0.2, 0.25) is 0 Å². The van der Waals surface area contributed by atoms with Gasteiger partial charge < -0.3 is 20.7 Å². The van der Waals surface area contributed by atoms with Crippen molar-refractivity contribution in [1.29, 1.82) is 0 Å². The van der Waals surface area contributed by atoms with E-state index in [1.54, 1.807) is 0 Å². The van der Waals surface area contributed by atoms with E-state index in [-0.39, 0.29) is 22.7 Å². The minimum absolute atomic E-state index is 0.155. The van der Waals surface area contributed by atoms with Gasteiger partial charge in [0.1, 0.15) is 0 Å². The summed E-state index contributed by atoms with van der Waals surface area (Å²) < 4.78 is 0. The summed E-state index contributed by atoms with van der Waals surface area (Å²) in [5.41, 5.74) is 2.38. The number of alkyl halides is 6. The number of carbonyl (C=O) groups excluding carboxylic acids is 1. The van der Waals surface area contributed by atoms with E-state index in [9.17, 15) is 29.8 Å². The molecule has 5 N–H and O–H groups in total. The van der Waals surface area contributed by atoms with Gasteiger partial charge in [0.2, 0.25) is 5.91 Å². The van der Waals surface area contributed by atoms with E-state index in [4.69, 9.17) is 69.6 Å². The second-order valence-electron chi connectivity index (χ2n) is 13.1. The number of rotatable bonds is 9. The zero-order valence-corrected chi connectivity index (χ0v) is 28.3. The van der Waals surface area contributed by atoms with Crippen LogP contribution >= 0.6 is 69.6 Å². The van der Waals surface area contributed by atoms with Crippen LogP contribution < -0.4 is 10.8 Å². The summed E-state index contributed by atoms with van der Waals surface area (Å²) in [4.78, 5) is 37.1. The lowest BCUT2D eigenvalue weighted by atomic mass is 9.66. The first-order valence-corrected chi connectivity index (χ1v) is 18.0. The van der Waals surface area contributed by atoms with Gasteiger partial charge in [-0.15, -0.1) is 69.6 Å². The molecule has 14 heteroatoms. The lowest BCUT2D eigenvalue weighted by Gasteiger charge is -2.46. The summed E-state index contributed by atoms with van der Waals surface area (Å²) >= 11 is 39.4. The quantitative estimate of drug-likeness (QED) is 0.139.